The number of hydrogen-bond donors (Lipinski definition) is 1. The molecule has 1 aromatic heterocycles. The highest BCUT2D eigenvalue weighted by molar-refractivity contribution is 7.98. The van der Waals surface area contributed by atoms with E-state index < -0.39 is 0 Å². The van der Waals surface area contributed by atoms with Gasteiger partial charge in [-0.15, -0.1) is 16.9 Å². The number of carbonyl (C=O) groups excluding carboxylic acids is 1. The summed E-state index contributed by atoms with van der Waals surface area (Å²) in [6.45, 7) is 0. The Bertz CT molecular complexity index is 858. The van der Waals surface area contributed by atoms with Crippen LogP contribution >= 0.6 is 11.8 Å². The van der Waals surface area contributed by atoms with E-state index in [-0.39, 0.29) is 11.9 Å². The molecule has 0 atom stereocenters. The molecule has 25 heavy (non-hydrogen) atoms. The van der Waals surface area contributed by atoms with Gasteiger partial charge in [-0.25, -0.2) is 0 Å². The topological polar surface area (TPSA) is 68.0 Å². The van der Waals surface area contributed by atoms with Crippen molar-refractivity contribution in [2.24, 2.45) is 0 Å². The molecular formula is C19H17N3O2S. The van der Waals surface area contributed by atoms with Gasteiger partial charge in [0, 0.05) is 11.0 Å². The first kappa shape index (κ1) is 17.0. The number of carbonyl (C=O) groups is 1. The molecule has 3 aromatic rings. The second-order valence-corrected chi connectivity index (χ2v) is 6.14. The van der Waals surface area contributed by atoms with Crippen LogP contribution in [0.5, 0.6) is 0 Å². The molecule has 1 N–H and O–H groups in total. The van der Waals surface area contributed by atoms with E-state index in [1.165, 1.54) is 11.0 Å². The predicted octanol–water partition coefficient (Wildman–Crippen LogP) is 4.03. The van der Waals surface area contributed by atoms with Gasteiger partial charge in [0.1, 0.15) is 0 Å². The lowest BCUT2D eigenvalue weighted by Crippen LogP contribution is -2.07. The lowest BCUT2D eigenvalue weighted by atomic mass is 10.1. The standard InChI is InChI=1S/C19H17N3O2S/c1-25-16-10-7-15(8-11-16)13-18-21-22-19(24-18)20-17(23)12-9-14-5-3-2-4-6-14/h2-12H,13H2,1H3,(H,20,22,23). The maximum Gasteiger partial charge on any atom is 0.322 e. The van der Waals surface area contributed by atoms with Crippen molar-refractivity contribution in [2.45, 2.75) is 11.3 Å². The van der Waals surface area contributed by atoms with Crippen LogP contribution in [0.4, 0.5) is 6.01 Å². The molecule has 2 aromatic carbocycles. The molecule has 0 aliphatic rings. The van der Waals surface area contributed by atoms with E-state index >= 15 is 0 Å². The van der Waals surface area contributed by atoms with E-state index in [1.807, 2.05) is 60.9 Å². The molecule has 1 amide bonds. The maximum absolute atomic E-state index is 11.9. The van der Waals surface area contributed by atoms with Crippen molar-refractivity contribution in [2.75, 3.05) is 11.6 Å². The Morgan fingerprint density at radius 3 is 2.60 bits per heavy atom. The van der Waals surface area contributed by atoms with Gasteiger partial charge in [0.05, 0.1) is 6.42 Å². The van der Waals surface area contributed by atoms with Gasteiger partial charge in [-0.05, 0) is 35.6 Å². The zero-order chi connectivity index (χ0) is 17.5. The third kappa shape index (κ3) is 5.06. The summed E-state index contributed by atoms with van der Waals surface area (Å²) in [4.78, 5) is 13.1. The summed E-state index contributed by atoms with van der Waals surface area (Å²) in [6.07, 6.45) is 5.71. The second kappa shape index (κ2) is 8.30. The number of benzene rings is 2. The van der Waals surface area contributed by atoms with Crippen molar-refractivity contribution in [1.82, 2.24) is 10.2 Å². The number of nitrogens with one attached hydrogen (secondary N) is 1. The lowest BCUT2D eigenvalue weighted by molar-refractivity contribution is -0.112. The second-order valence-electron chi connectivity index (χ2n) is 5.26. The number of amides is 1. The van der Waals surface area contributed by atoms with E-state index in [0.29, 0.717) is 12.3 Å². The highest BCUT2D eigenvalue weighted by Gasteiger charge is 2.09. The Morgan fingerprint density at radius 2 is 1.88 bits per heavy atom. The van der Waals surface area contributed by atoms with Crippen LogP contribution in [-0.2, 0) is 11.2 Å². The number of anilines is 1. The Hall–Kier alpha value is -2.86. The minimum atomic E-state index is -0.316. The molecule has 0 fully saturated rings. The van der Waals surface area contributed by atoms with Crippen LogP contribution in [0, 0.1) is 0 Å². The molecule has 0 saturated heterocycles. The van der Waals surface area contributed by atoms with Gasteiger partial charge in [0.25, 0.3) is 5.91 Å². The number of rotatable bonds is 6. The van der Waals surface area contributed by atoms with E-state index in [4.69, 9.17) is 4.42 Å². The first-order valence-electron chi connectivity index (χ1n) is 7.72. The fourth-order valence-electron chi connectivity index (χ4n) is 2.18. The van der Waals surface area contributed by atoms with Crippen molar-refractivity contribution >= 4 is 29.8 Å². The van der Waals surface area contributed by atoms with Crippen molar-refractivity contribution < 1.29 is 9.21 Å². The molecule has 0 saturated carbocycles. The van der Waals surface area contributed by atoms with Gasteiger partial charge in [-0.2, -0.15) is 0 Å². The third-order valence-electron chi connectivity index (χ3n) is 3.44. The SMILES string of the molecule is CSc1ccc(Cc2nnc(NC(=O)C=Cc3ccccc3)o2)cc1. The van der Waals surface area contributed by atoms with Crippen molar-refractivity contribution in [3.05, 3.63) is 77.7 Å². The van der Waals surface area contributed by atoms with Gasteiger partial charge in [-0.1, -0.05) is 47.6 Å². The summed E-state index contributed by atoms with van der Waals surface area (Å²) < 4.78 is 5.47. The van der Waals surface area contributed by atoms with Crippen LogP contribution in [0.2, 0.25) is 0 Å². The predicted molar refractivity (Wildman–Crippen MR) is 99.4 cm³/mol. The smallest absolute Gasteiger partial charge is 0.322 e. The summed E-state index contributed by atoms with van der Waals surface area (Å²) in [6, 6.07) is 17.8. The minimum Gasteiger partial charge on any atom is -0.407 e. The fraction of sp³-hybridized carbons (Fsp3) is 0.105. The highest BCUT2D eigenvalue weighted by atomic mass is 32.2. The van der Waals surface area contributed by atoms with Gasteiger partial charge < -0.3 is 4.42 Å². The van der Waals surface area contributed by atoms with Gasteiger partial charge in [0.15, 0.2) is 0 Å². The summed E-state index contributed by atoms with van der Waals surface area (Å²) in [7, 11) is 0. The first-order chi connectivity index (χ1) is 12.2. The zero-order valence-corrected chi connectivity index (χ0v) is 14.5. The molecule has 0 bridgehead atoms. The van der Waals surface area contributed by atoms with Crippen molar-refractivity contribution in [3.63, 3.8) is 0 Å². The molecule has 3 rings (SSSR count). The molecule has 126 valence electrons. The van der Waals surface area contributed by atoms with Crippen LogP contribution < -0.4 is 5.32 Å². The summed E-state index contributed by atoms with van der Waals surface area (Å²) in [5.74, 6) is 0.141. The molecule has 1 heterocycles. The Kier molecular flexibility index (Phi) is 5.64. The fourth-order valence-corrected chi connectivity index (χ4v) is 2.58. The Labute approximate surface area is 150 Å². The van der Waals surface area contributed by atoms with Gasteiger partial charge >= 0.3 is 6.01 Å². The van der Waals surface area contributed by atoms with Gasteiger partial charge in [0.2, 0.25) is 5.89 Å². The van der Waals surface area contributed by atoms with Crippen LogP contribution in [-0.4, -0.2) is 22.4 Å². The van der Waals surface area contributed by atoms with E-state index in [9.17, 15) is 4.79 Å². The Balaban J connectivity index is 1.57. The number of thioether (sulfide) groups is 1. The molecule has 0 unspecified atom stereocenters. The first-order valence-corrected chi connectivity index (χ1v) is 8.95. The quantitative estimate of drug-likeness (QED) is 0.536. The summed E-state index contributed by atoms with van der Waals surface area (Å²) >= 11 is 1.69. The van der Waals surface area contributed by atoms with E-state index in [2.05, 4.69) is 15.5 Å². The lowest BCUT2D eigenvalue weighted by Gasteiger charge is -1.99. The third-order valence-corrected chi connectivity index (χ3v) is 4.18. The molecular weight excluding hydrogens is 334 g/mol. The Morgan fingerprint density at radius 1 is 1.12 bits per heavy atom. The molecule has 6 heteroatoms. The number of aromatic nitrogens is 2. The molecule has 0 aliphatic heterocycles. The van der Waals surface area contributed by atoms with Crippen LogP contribution in [0.25, 0.3) is 6.08 Å². The van der Waals surface area contributed by atoms with Gasteiger partial charge in [-0.3, -0.25) is 10.1 Å². The zero-order valence-electron chi connectivity index (χ0n) is 13.7. The molecule has 0 radical (unpaired) electrons. The molecule has 5 nitrogen and oxygen atoms in total. The molecule has 0 aliphatic carbocycles. The summed E-state index contributed by atoms with van der Waals surface area (Å²) in [5, 5.41) is 10.4. The van der Waals surface area contributed by atoms with Crippen LogP contribution in [0.1, 0.15) is 17.0 Å². The average molecular weight is 351 g/mol. The minimum absolute atomic E-state index is 0.0958. The largest absolute Gasteiger partial charge is 0.407 e. The van der Waals surface area contributed by atoms with E-state index in [0.717, 1.165) is 11.1 Å². The highest BCUT2D eigenvalue weighted by Crippen LogP contribution is 2.17. The number of hydrogen-bond acceptors (Lipinski definition) is 5. The maximum atomic E-state index is 11.9. The van der Waals surface area contributed by atoms with E-state index in [1.54, 1.807) is 17.8 Å². The van der Waals surface area contributed by atoms with Crippen LogP contribution in [0.3, 0.4) is 0 Å². The number of nitrogens with zero attached hydrogens (tertiary/aromatic N) is 2. The van der Waals surface area contributed by atoms with Crippen LogP contribution in [0.15, 0.2) is 70.0 Å². The molecule has 0 spiro atoms. The monoisotopic (exact) mass is 351 g/mol. The van der Waals surface area contributed by atoms with Crippen molar-refractivity contribution in [1.29, 1.82) is 0 Å². The normalized spacial score (nSPS) is 10.9. The summed E-state index contributed by atoms with van der Waals surface area (Å²) in [5.41, 5.74) is 2.01. The average Bonchev–Trinajstić information content (AvgIpc) is 3.08. The van der Waals surface area contributed by atoms with Crippen molar-refractivity contribution in [3.8, 4) is 0 Å².